The van der Waals surface area contributed by atoms with Crippen molar-refractivity contribution in [3.8, 4) is 10.4 Å². The van der Waals surface area contributed by atoms with Crippen molar-refractivity contribution in [3.05, 3.63) is 42.0 Å². The molecule has 2 aromatic rings. The molecule has 21 heavy (non-hydrogen) atoms. The maximum atomic E-state index is 12.1. The number of thiophene rings is 1. The minimum atomic E-state index is -0.234. The second-order valence-electron chi connectivity index (χ2n) is 4.45. The summed E-state index contributed by atoms with van der Waals surface area (Å²) in [6.45, 7) is 2.19. The number of nitrogens with two attached hydrogens (primary N) is 1. The number of anilines is 1. The molecular weight excluding hydrogens is 286 g/mol. The van der Waals surface area contributed by atoms with Gasteiger partial charge >= 0.3 is 0 Å². The van der Waals surface area contributed by atoms with Gasteiger partial charge in [-0.05, 0) is 11.6 Å². The first-order valence-electron chi connectivity index (χ1n) is 6.57. The second kappa shape index (κ2) is 7.01. The molecule has 6 heteroatoms. The number of hydrogen-bond donors (Lipinski definition) is 3. The van der Waals surface area contributed by atoms with Gasteiger partial charge in [-0.2, -0.15) is 0 Å². The number of rotatable bonds is 5. The lowest BCUT2D eigenvalue weighted by atomic mass is 10.1. The van der Waals surface area contributed by atoms with Crippen LogP contribution in [0.1, 0.15) is 17.3 Å². The van der Waals surface area contributed by atoms with Crippen molar-refractivity contribution in [2.45, 2.75) is 6.92 Å². The molecule has 0 spiro atoms. The highest BCUT2D eigenvalue weighted by Crippen LogP contribution is 2.35. The lowest BCUT2D eigenvalue weighted by Crippen LogP contribution is -2.29. The summed E-state index contributed by atoms with van der Waals surface area (Å²) in [5.74, 6) is -0.438. The van der Waals surface area contributed by atoms with Crippen LogP contribution in [0.5, 0.6) is 0 Å². The van der Waals surface area contributed by atoms with Gasteiger partial charge in [0.15, 0.2) is 0 Å². The van der Waals surface area contributed by atoms with Crippen molar-refractivity contribution in [1.82, 2.24) is 5.32 Å². The van der Waals surface area contributed by atoms with E-state index in [2.05, 4.69) is 10.6 Å². The van der Waals surface area contributed by atoms with E-state index in [1.165, 1.54) is 18.3 Å². The summed E-state index contributed by atoms with van der Waals surface area (Å²) in [6, 6.07) is 11.5. The molecule has 0 aliphatic rings. The minimum Gasteiger partial charge on any atom is -0.351 e. The van der Waals surface area contributed by atoms with Crippen LogP contribution in [0.3, 0.4) is 0 Å². The molecule has 2 amide bonds. The third-order valence-corrected chi connectivity index (χ3v) is 3.85. The zero-order valence-corrected chi connectivity index (χ0v) is 12.5. The van der Waals surface area contributed by atoms with Gasteiger partial charge in [0.2, 0.25) is 5.91 Å². The predicted octanol–water partition coefficient (Wildman–Crippen LogP) is 2.06. The summed E-state index contributed by atoms with van der Waals surface area (Å²) in [4.78, 5) is 24.4. The SMILES string of the molecule is CC(=O)Nc1sc(-c2ccccc2)cc1C(=O)NCCN. The molecule has 1 heterocycles. The molecule has 0 aliphatic carbocycles. The first-order valence-corrected chi connectivity index (χ1v) is 7.38. The Hall–Kier alpha value is -2.18. The molecule has 1 aromatic heterocycles. The van der Waals surface area contributed by atoms with Crippen LogP contribution in [0.15, 0.2) is 36.4 Å². The van der Waals surface area contributed by atoms with Gasteiger partial charge in [-0.15, -0.1) is 11.3 Å². The lowest BCUT2D eigenvalue weighted by molar-refractivity contribution is -0.114. The van der Waals surface area contributed by atoms with Crippen molar-refractivity contribution in [2.75, 3.05) is 18.4 Å². The van der Waals surface area contributed by atoms with Crippen molar-refractivity contribution >= 4 is 28.2 Å². The van der Waals surface area contributed by atoms with Crippen molar-refractivity contribution < 1.29 is 9.59 Å². The van der Waals surface area contributed by atoms with Gasteiger partial charge in [-0.3, -0.25) is 9.59 Å². The van der Waals surface area contributed by atoms with Crippen LogP contribution in [-0.2, 0) is 4.79 Å². The molecule has 4 N–H and O–H groups in total. The first-order chi connectivity index (χ1) is 10.1. The van der Waals surface area contributed by atoms with Gasteiger partial charge in [0.1, 0.15) is 5.00 Å². The Kier molecular flexibility index (Phi) is 5.08. The molecule has 110 valence electrons. The maximum Gasteiger partial charge on any atom is 0.254 e. The molecule has 1 aromatic carbocycles. The Morgan fingerprint density at radius 3 is 2.57 bits per heavy atom. The van der Waals surface area contributed by atoms with E-state index in [0.29, 0.717) is 23.7 Å². The van der Waals surface area contributed by atoms with Crippen LogP contribution in [-0.4, -0.2) is 24.9 Å². The minimum absolute atomic E-state index is 0.204. The molecule has 0 atom stereocenters. The van der Waals surface area contributed by atoms with Gasteiger partial charge in [0, 0.05) is 24.9 Å². The molecular formula is C15H17N3O2S. The molecule has 0 bridgehead atoms. The van der Waals surface area contributed by atoms with Crippen LogP contribution in [0.25, 0.3) is 10.4 Å². The molecule has 0 saturated carbocycles. The second-order valence-corrected chi connectivity index (χ2v) is 5.50. The number of amides is 2. The van der Waals surface area contributed by atoms with Gasteiger partial charge in [0.05, 0.1) is 5.56 Å². The summed E-state index contributed by atoms with van der Waals surface area (Å²) in [6.07, 6.45) is 0. The van der Waals surface area contributed by atoms with Crippen molar-refractivity contribution in [2.24, 2.45) is 5.73 Å². The summed E-state index contributed by atoms with van der Waals surface area (Å²) < 4.78 is 0. The molecule has 0 fully saturated rings. The number of benzene rings is 1. The summed E-state index contributed by atoms with van der Waals surface area (Å²) >= 11 is 1.38. The Morgan fingerprint density at radius 1 is 1.24 bits per heavy atom. The molecule has 0 radical (unpaired) electrons. The van der Waals surface area contributed by atoms with E-state index in [4.69, 9.17) is 5.73 Å². The largest absolute Gasteiger partial charge is 0.351 e. The fraction of sp³-hybridized carbons (Fsp3) is 0.200. The van der Waals surface area contributed by atoms with E-state index in [9.17, 15) is 9.59 Å². The van der Waals surface area contributed by atoms with Gasteiger partial charge in [0.25, 0.3) is 5.91 Å². The molecule has 2 rings (SSSR count). The van der Waals surface area contributed by atoms with Crippen molar-refractivity contribution in [1.29, 1.82) is 0 Å². The molecule has 0 unspecified atom stereocenters. The number of hydrogen-bond acceptors (Lipinski definition) is 4. The lowest BCUT2D eigenvalue weighted by Gasteiger charge is -2.04. The monoisotopic (exact) mass is 303 g/mol. The number of carbonyl (C=O) groups excluding carboxylic acids is 2. The predicted molar refractivity (Wildman–Crippen MR) is 85.4 cm³/mol. The smallest absolute Gasteiger partial charge is 0.254 e. The Bertz CT molecular complexity index is 638. The van der Waals surface area contributed by atoms with Gasteiger partial charge in [-0.25, -0.2) is 0 Å². The molecule has 0 aliphatic heterocycles. The Balaban J connectivity index is 2.35. The van der Waals surface area contributed by atoms with E-state index in [1.54, 1.807) is 6.07 Å². The number of nitrogens with one attached hydrogen (secondary N) is 2. The van der Waals surface area contributed by atoms with E-state index < -0.39 is 0 Å². The summed E-state index contributed by atoms with van der Waals surface area (Å²) in [5.41, 5.74) is 6.86. The van der Waals surface area contributed by atoms with Crippen LogP contribution in [0.4, 0.5) is 5.00 Å². The van der Waals surface area contributed by atoms with Crippen LogP contribution in [0.2, 0.25) is 0 Å². The normalized spacial score (nSPS) is 10.2. The molecule has 5 nitrogen and oxygen atoms in total. The zero-order valence-electron chi connectivity index (χ0n) is 11.7. The topological polar surface area (TPSA) is 84.2 Å². The van der Waals surface area contributed by atoms with Gasteiger partial charge in [-0.1, -0.05) is 30.3 Å². The van der Waals surface area contributed by atoms with Crippen molar-refractivity contribution in [3.63, 3.8) is 0 Å². The van der Waals surface area contributed by atoms with E-state index in [0.717, 1.165) is 10.4 Å². The van der Waals surface area contributed by atoms with Crippen LogP contribution in [0, 0.1) is 0 Å². The van der Waals surface area contributed by atoms with E-state index in [1.807, 2.05) is 30.3 Å². The fourth-order valence-corrected chi connectivity index (χ4v) is 2.94. The Morgan fingerprint density at radius 2 is 1.95 bits per heavy atom. The summed E-state index contributed by atoms with van der Waals surface area (Å²) in [7, 11) is 0. The highest BCUT2D eigenvalue weighted by atomic mass is 32.1. The number of carbonyl (C=O) groups is 2. The van der Waals surface area contributed by atoms with Crippen LogP contribution >= 0.6 is 11.3 Å². The third-order valence-electron chi connectivity index (χ3n) is 2.75. The maximum absolute atomic E-state index is 12.1. The highest BCUT2D eigenvalue weighted by Gasteiger charge is 2.17. The van der Waals surface area contributed by atoms with Crippen LogP contribution < -0.4 is 16.4 Å². The summed E-state index contributed by atoms with van der Waals surface area (Å²) in [5, 5.41) is 5.98. The third kappa shape index (κ3) is 3.90. The van der Waals surface area contributed by atoms with E-state index >= 15 is 0 Å². The Labute approximate surface area is 127 Å². The highest BCUT2D eigenvalue weighted by molar-refractivity contribution is 7.20. The quantitative estimate of drug-likeness (QED) is 0.790. The standard InChI is InChI=1S/C15H17N3O2S/c1-10(19)18-15-12(14(20)17-8-7-16)9-13(21-15)11-5-3-2-4-6-11/h2-6,9H,7-8,16H2,1H3,(H,17,20)(H,18,19). The average molecular weight is 303 g/mol. The average Bonchev–Trinajstić information content (AvgIpc) is 2.89. The first kappa shape index (κ1) is 15.2. The van der Waals surface area contributed by atoms with E-state index in [-0.39, 0.29) is 11.8 Å². The fourth-order valence-electron chi connectivity index (χ4n) is 1.84. The zero-order chi connectivity index (χ0) is 15.2. The van der Waals surface area contributed by atoms with Gasteiger partial charge < -0.3 is 16.4 Å². The molecule has 0 saturated heterocycles.